The first-order valence-corrected chi connectivity index (χ1v) is 17.9. The summed E-state index contributed by atoms with van der Waals surface area (Å²) < 4.78 is 29.1. The predicted molar refractivity (Wildman–Crippen MR) is 100 cm³/mol. The van der Waals surface area contributed by atoms with Gasteiger partial charge in [0.1, 0.15) is 0 Å². The van der Waals surface area contributed by atoms with Crippen LogP contribution in [0.3, 0.4) is 0 Å². The first kappa shape index (κ1) is 20.7. The van der Waals surface area contributed by atoms with Crippen molar-refractivity contribution in [2.75, 3.05) is 6.61 Å². The van der Waals surface area contributed by atoms with Gasteiger partial charge >= 0.3 is 121 Å². The van der Waals surface area contributed by atoms with E-state index in [2.05, 4.69) is 17.3 Å². The van der Waals surface area contributed by atoms with E-state index in [9.17, 15) is 8.42 Å². The molecule has 0 unspecified atom stereocenters. The molecule has 132 valence electrons. The molecule has 0 N–H and O–H groups in total. The maximum atomic E-state index is 12.0. The molecule has 0 aliphatic carbocycles. The smallest absolute Gasteiger partial charge is 0.0579 e. The molecule has 0 saturated heterocycles. The minimum atomic E-state index is -3.59. The van der Waals surface area contributed by atoms with Crippen LogP contribution in [0.2, 0.25) is 22.5 Å². The van der Waals surface area contributed by atoms with Gasteiger partial charge in [0.25, 0.3) is 0 Å². The van der Waals surface area contributed by atoms with Crippen LogP contribution in [-0.2, 0) is 14.3 Å². The molecule has 23 heavy (non-hydrogen) atoms. The van der Waals surface area contributed by atoms with Gasteiger partial charge in [-0.05, 0) is 6.92 Å². The molecule has 0 atom stereocenters. The van der Waals surface area contributed by atoms with Gasteiger partial charge in [-0.1, -0.05) is 17.7 Å². The van der Waals surface area contributed by atoms with E-state index in [0.717, 1.165) is 18.4 Å². The Morgan fingerprint density at radius 1 is 0.870 bits per heavy atom. The molecule has 0 heterocycles. The molecule has 0 aliphatic rings. The second kappa shape index (κ2) is 9.84. The number of benzene rings is 1. The predicted octanol–water partition coefficient (Wildman–Crippen LogP) is 5.38. The molecule has 0 radical (unpaired) electrons. The van der Waals surface area contributed by atoms with Gasteiger partial charge in [0, 0.05) is 0 Å². The normalized spacial score (nSPS) is 12.5. The third-order valence-electron chi connectivity index (χ3n) is 3.87. The van der Waals surface area contributed by atoms with Crippen molar-refractivity contribution in [1.82, 2.24) is 0 Å². The summed E-state index contributed by atoms with van der Waals surface area (Å²) >= 11 is -1.34. The monoisotopic (exact) mass is 402 g/mol. The average molecular weight is 401 g/mol. The van der Waals surface area contributed by atoms with E-state index in [1.807, 2.05) is 6.92 Å². The van der Waals surface area contributed by atoms with Gasteiger partial charge in [0.2, 0.25) is 0 Å². The number of unbranched alkanes of at least 4 members (excludes halogenated alkanes) is 5. The van der Waals surface area contributed by atoms with Crippen LogP contribution in [-0.4, -0.2) is 28.3 Å². The Morgan fingerprint density at radius 3 is 1.96 bits per heavy atom. The van der Waals surface area contributed by atoms with Crippen molar-refractivity contribution in [3.05, 3.63) is 29.8 Å². The van der Waals surface area contributed by atoms with Crippen LogP contribution in [0.4, 0.5) is 0 Å². The molecule has 0 saturated carbocycles. The first-order chi connectivity index (χ1) is 10.7. The zero-order chi connectivity index (χ0) is 17.3. The molecular formula is C18H32GeO3S. The summed E-state index contributed by atoms with van der Waals surface area (Å²) in [5.74, 6) is 7.39. The zero-order valence-electron chi connectivity index (χ0n) is 15.1. The summed E-state index contributed by atoms with van der Waals surface area (Å²) in [5, 5.41) is 1.46. The fraction of sp³-hybridized carbons (Fsp3) is 0.667. The summed E-state index contributed by atoms with van der Waals surface area (Å²) in [5.41, 5.74) is 1.04. The molecule has 0 aromatic heterocycles. The van der Waals surface area contributed by atoms with Crippen molar-refractivity contribution < 1.29 is 12.6 Å². The summed E-state index contributed by atoms with van der Waals surface area (Å²) in [6, 6.07) is 6.78. The van der Waals surface area contributed by atoms with Crippen molar-refractivity contribution in [2.24, 2.45) is 0 Å². The fourth-order valence-corrected chi connectivity index (χ4v) is 6.10. The minimum absolute atomic E-state index is 0.246. The van der Waals surface area contributed by atoms with Crippen LogP contribution in [0.1, 0.15) is 44.1 Å². The van der Waals surface area contributed by atoms with E-state index in [-0.39, 0.29) is 11.5 Å². The fourth-order valence-electron chi connectivity index (χ4n) is 2.41. The summed E-state index contributed by atoms with van der Waals surface area (Å²) in [6.45, 7) is 2.22. The Kier molecular flexibility index (Phi) is 8.87. The quantitative estimate of drug-likeness (QED) is 0.284. The first-order valence-electron chi connectivity index (χ1n) is 8.67. The molecule has 1 aromatic carbocycles. The van der Waals surface area contributed by atoms with E-state index in [1.165, 1.54) is 30.9 Å². The molecule has 0 aliphatic heterocycles. The van der Waals surface area contributed by atoms with Crippen LogP contribution in [0.5, 0.6) is 0 Å². The summed E-state index contributed by atoms with van der Waals surface area (Å²) in [7, 11) is -3.59. The van der Waals surface area contributed by atoms with E-state index in [4.69, 9.17) is 4.18 Å². The van der Waals surface area contributed by atoms with Crippen molar-refractivity contribution in [2.45, 2.75) is 72.9 Å². The Balaban J connectivity index is 2.12. The molecule has 0 bridgehead atoms. The van der Waals surface area contributed by atoms with Crippen LogP contribution in [0.25, 0.3) is 0 Å². The van der Waals surface area contributed by atoms with Crippen LogP contribution >= 0.6 is 0 Å². The Hall–Kier alpha value is -0.327. The van der Waals surface area contributed by atoms with Gasteiger partial charge in [-0.25, -0.2) is 0 Å². The van der Waals surface area contributed by atoms with Gasteiger partial charge in [-0.3, -0.25) is 0 Å². The standard InChI is InChI=1S/C18H32GeO3S/c1-17-11-13-18(14-12-17)23(20,21)22-16-10-8-6-5-7-9-15-19(2,3)4/h11-14H,5-10,15-16H2,1-4H3. The van der Waals surface area contributed by atoms with E-state index < -0.39 is 23.4 Å². The number of hydrogen-bond acceptors (Lipinski definition) is 3. The van der Waals surface area contributed by atoms with Crippen molar-refractivity contribution in [3.63, 3.8) is 0 Å². The zero-order valence-corrected chi connectivity index (χ0v) is 18.0. The van der Waals surface area contributed by atoms with Crippen molar-refractivity contribution in [3.8, 4) is 0 Å². The van der Waals surface area contributed by atoms with E-state index >= 15 is 0 Å². The molecule has 0 fully saturated rings. The number of aryl methyl sites for hydroxylation is 1. The SMILES string of the molecule is Cc1ccc(S(=O)(=O)OCCCCCCC[CH2][Ge]([CH3])([CH3])[CH3])cc1. The van der Waals surface area contributed by atoms with Crippen LogP contribution in [0.15, 0.2) is 29.2 Å². The number of hydrogen-bond donors (Lipinski definition) is 0. The molecule has 0 amide bonds. The van der Waals surface area contributed by atoms with E-state index in [1.54, 1.807) is 24.3 Å². The molecule has 0 spiro atoms. The Labute approximate surface area is 145 Å². The van der Waals surface area contributed by atoms with Crippen LogP contribution in [0, 0.1) is 6.92 Å². The van der Waals surface area contributed by atoms with Crippen LogP contribution < -0.4 is 0 Å². The van der Waals surface area contributed by atoms with Gasteiger partial charge in [-0.15, -0.1) is 0 Å². The molecule has 5 heteroatoms. The van der Waals surface area contributed by atoms with Crippen molar-refractivity contribution >= 4 is 23.4 Å². The maximum absolute atomic E-state index is 12.0. The Bertz CT molecular complexity index is 545. The molecule has 3 nitrogen and oxygen atoms in total. The molecule has 1 rings (SSSR count). The van der Waals surface area contributed by atoms with Gasteiger partial charge in [0.05, 0.1) is 0 Å². The van der Waals surface area contributed by atoms with Gasteiger partial charge in [-0.2, -0.15) is 0 Å². The number of rotatable bonds is 11. The molecular weight excluding hydrogens is 369 g/mol. The van der Waals surface area contributed by atoms with Crippen molar-refractivity contribution in [1.29, 1.82) is 0 Å². The van der Waals surface area contributed by atoms with Gasteiger partial charge < -0.3 is 0 Å². The van der Waals surface area contributed by atoms with Gasteiger partial charge in [0.15, 0.2) is 0 Å². The molecule has 1 aromatic rings. The third kappa shape index (κ3) is 9.53. The summed E-state index contributed by atoms with van der Waals surface area (Å²) in [4.78, 5) is 0.246. The average Bonchev–Trinajstić information content (AvgIpc) is 2.44. The Morgan fingerprint density at radius 2 is 1.39 bits per heavy atom. The second-order valence-electron chi connectivity index (χ2n) is 7.52. The second-order valence-corrected chi connectivity index (χ2v) is 20.9. The summed E-state index contributed by atoms with van der Waals surface area (Å²) in [6.07, 6.45) is 6.95. The van der Waals surface area contributed by atoms with E-state index in [0.29, 0.717) is 0 Å². The topological polar surface area (TPSA) is 43.4 Å². The minimum Gasteiger partial charge on any atom is -0.0579 e. The third-order valence-corrected chi connectivity index (χ3v) is 9.08.